The van der Waals surface area contributed by atoms with E-state index in [0.29, 0.717) is 18.3 Å². The maximum Gasteiger partial charge on any atom is 0.138 e. The molecule has 1 aromatic carbocycles. The van der Waals surface area contributed by atoms with Crippen LogP contribution in [0.2, 0.25) is 0 Å². The van der Waals surface area contributed by atoms with Crippen molar-refractivity contribution in [2.24, 2.45) is 0 Å². The maximum atomic E-state index is 10.2. The number of nitrogens with zero attached hydrogens (tertiary/aromatic N) is 1. The second-order valence-electron chi connectivity index (χ2n) is 2.66. The first-order valence-electron chi connectivity index (χ1n) is 3.84. The normalized spacial score (nSPS) is 11.7. The summed E-state index contributed by atoms with van der Waals surface area (Å²) in [4.78, 5) is 10.2. The van der Waals surface area contributed by atoms with Gasteiger partial charge in [0.1, 0.15) is 6.29 Å². The zero-order valence-electron chi connectivity index (χ0n) is 6.90. The van der Waals surface area contributed by atoms with Crippen LogP contribution >= 0.6 is 11.6 Å². The number of hydrogen-bond donors (Lipinski definition) is 0. The van der Waals surface area contributed by atoms with Gasteiger partial charge in [-0.2, -0.15) is 5.26 Å². The van der Waals surface area contributed by atoms with E-state index in [1.165, 1.54) is 0 Å². The molecule has 0 aliphatic rings. The predicted octanol–water partition coefficient (Wildman–Crippen LogP) is 1.91. The lowest BCUT2D eigenvalue weighted by Crippen LogP contribution is -2.03. The van der Waals surface area contributed by atoms with Crippen molar-refractivity contribution in [3.63, 3.8) is 0 Å². The number of alkyl halides is 1. The second-order valence-corrected chi connectivity index (χ2v) is 3.23. The Hall–Kier alpha value is -1.33. The Labute approximate surface area is 81.7 Å². The summed E-state index contributed by atoms with van der Waals surface area (Å²) in [6.45, 7) is 0. The van der Waals surface area contributed by atoms with E-state index < -0.39 is 5.38 Å². The average molecular weight is 194 g/mol. The molecule has 0 saturated heterocycles. The number of aldehydes is 1. The first-order valence-corrected chi connectivity index (χ1v) is 4.28. The van der Waals surface area contributed by atoms with Crippen LogP contribution in [0.1, 0.15) is 11.1 Å². The Bertz CT molecular complexity index is 326. The summed E-state index contributed by atoms with van der Waals surface area (Å²) in [5.74, 6) is 0. The van der Waals surface area contributed by atoms with Crippen molar-refractivity contribution in [3.8, 4) is 6.07 Å². The summed E-state index contributed by atoms with van der Waals surface area (Å²) in [5.41, 5.74) is 1.58. The third kappa shape index (κ3) is 2.89. The van der Waals surface area contributed by atoms with Crippen molar-refractivity contribution >= 4 is 17.9 Å². The molecule has 0 saturated carbocycles. The molecule has 0 aliphatic heterocycles. The molecule has 0 fully saturated rings. The van der Waals surface area contributed by atoms with Gasteiger partial charge in [0.25, 0.3) is 0 Å². The highest BCUT2D eigenvalue weighted by atomic mass is 35.5. The number of hydrogen-bond acceptors (Lipinski definition) is 2. The van der Waals surface area contributed by atoms with E-state index in [9.17, 15) is 4.79 Å². The molecule has 66 valence electrons. The molecule has 13 heavy (non-hydrogen) atoms. The van der Waals surface area contributed by atoms with Crippen molar-refractivity contribution in [2.75, 3.05) is 0 Å². The van der Waals surface area contributed by atoms with Crippen LogP contribution in [0.25, 0.3) is 0 Å². The minimum absolute atomic E-state index is 0.479. The number of halogens is 1. The van der Waals surface area contributed by atoms with E-state index in [4.69, 9.17) is 16.9 Å². The van der Waals surface area contributed by atoms with Crippen LogP contribution in [0, 0.1) is 11.3 Å². The lowest BCUT2D eigenvalue weighted by atomic mass is 10.1. The summed E-state index contributed by atoms with van der Waals surface area (Å²) in [6, 6.07) is 9.05. The van der Waals surface area contributed by atoms with Crippen molar-refractivity contribution in [3.05, 3.63) is 35.4 Å². The maximum absolute atomic E-state index is 10.2. The Balaban J connectivity index is 2.70. The minimum atomic E-state index is -0.479. The van der Waals surface area contributed by atoms with Crippen LogP contribution < -0.4 is 0 Å². The molecule has 2 nitrogen and oxygen atoms in total. The monoisotopic (exact) mass is 193 g/mol. The van der Waals surface area contributed by atoms with E-state index in [1.807, 2.05) is 6.07 Å². The zero-order chi connectivity index (χ0) is 9.68. The van der Waals surface area contributed by atoms with Crippen LogP contribution in [0.5, 0.6) is 0 Å². The molecular formula is C10H8ClNO. The average Bonchev–Trinajstić information content (AvgIpc) is 2.19. The predicted molar refractivity (Wildman–Crippen MR) is 50.6 cm³/mol. The summed E-state index contributed by atoms with van der Waals surface area (Å²) < 4.78 is 0. The molecule has 0 heterocycles. The molecule has 0 bridgehead atoms. The second kappa shape index (κ2) is 4.64. The van der Waals surface area contributed by atoms with Gasteiger partial charge in [0.15, 0.2) is 0 Å². The highest BCUT2D eigenvalue weighted by Crippen LogP contribution is 2.08. The van der Waals surface area contributed by atoms with Crippen molar-refractivity contribution in [1.29, 1.82) is 5.26 Å². The van der Waals surface area contributed by atoms with E-state index >= 15 is 0 Å². The van der Waals surface area contributed by atoms with Gasteiger partial charge in [-0.15, -0.1) is 11.6 Å². The molecule has 1 atom stereocenters. The van der Waals surface area contributed by atoms with E-state index in [-0.39, 0.29) is 0 Å². The third-order valence-corrected chi connectivity index (χ3v) is 1.92. The molecule has 1 aromatic rings. The Kier molecular flexibility index (Phi) is 3.48. The number of rotatable bonds is 3. The van der Waals surface area contributed by atoms with E-state index in [0.717, 1.165) is 5.56 Å². The van der Waals surface area contributed by atoms with E-state index in [1.54, 1.807) is 24.3 Å². The van der Waals surface area contributed by atoms with Crippen LogP contribution in [0.4, 0.5) is 0 Å². The Morgan fingerprint density at radius 1 is 1.46 bits per heavy atom. The molecule has 0 spiro atoms. The Morgan fingerprint density at radius 2 is 2.08 bits per heavy atom. The van der Waals surface area contributed by atoms with Crippen molar-refractivity contribution in [1.82, 2.24) is 0 Å². The van der Waals surface area contributed by atoms with Gasteiger partial charge in [-0.05, 0) is 24.1 Å². The highest BCUT2D eigenvalue weighted by Gasteiger charge is 2.03. The lowest BCUT2D eigenvalue weighted by Gasteiger charge is -2.01. The topological polar surface area (TPSA) is 40.9 Å². The number of carbonyl (C=O) groups excluding carboxylic acids is 1. The molecule has 0 radical (unpaired) electrons. The molecule has 0 amide bonds. The molecule has 1 rings (SSSR count). The molecular weight excluding hydrogens is 186 g/mol. The fraction of sp³-hybridized carbons (Fsp3) is 0.200. The number of carbonyl (C=O) groups is 1. The van der Waals surface area contributed by atoms with Gasteiger partial charge in [0.05, 0.1) is 17.0 Å². The number of nitriles is 1. The standard InChI is InChI=1S/C10H8ClNO/c11-10(7-13)5-8-1-3-9(6-12)4-2-8/h1-4,7,10H,5H2. The molecule has 0 aromatic heterocycles. The van der Waals surface area contributed by atoms with Gasteiger partial charge < -0.3 is 4.79 Å². The van der Waals surface area contributed by atoms with E-state index in [2.05, 4.69) is 0 Å². The van der Waals surface area contributed by atoms with Crippen LogP contribution in [-0.2, 0) is 11.2 Å². The van der Waals surface area contributed by atoms with Gasteiger partial charge in [-0.25, -0.2) is 0 Å². The van der Waals surface area contributed by atoms with Crippen LogP contribution in [0.15, 0.2) is 24.3 Å². The minimum Gasteiger partial charge on any atom is -0.302 e. The zero-order valence-corrected chi connectivity index (χ0v) is 7.66. The largest absolute Gasteiger partial charge is 0.302 e. The van der Waals surface area contributed by atoms with Crippen LogP contribution in [-0.4, -0.2) is 11.7 Å². The fourth-order valence-electron chi connectivity index (χ4n) is 0.989. The summed E-state index contributed by atoms with van der Waals surface area (Å²) in [5, 5.41) is 8.05. The smallest absolute Gasteiger partial charge is 0.138 e. The summed E-state index contributed by atoms with van der Waals surface area (Å²) in [7, 11) is 0. The lowest BCUT2D eigenvalue weighted by molar-refractivity contribution is -0.107. The molecule has 3 heteroatoms. The van der Waals surface area contributed by atoms with Crippen molar-refractivity contribution < 1.29 is 4.79 Å². The molecule has 1 unspecified atom stereocenters. The molecule has 0 N–H and O–H groups in total. The van der Waals surface area contributed by atoms with Gasteiger partial charge in [-0.1, -0.05) is 12.1 Å². The number of benzene rings is 1. The van der Waals surface area contributed by atoms with Gasteiger partial charge in [0.2, 0.25) is 0 Å². The first-order chi connectivity index (χ1) is 6.26. The fourth-order valence-corrected chi connectivity index (χ4v) is 1.17. The first kappa shape index (κ1) is 9.76. The van der Waals surface area contributed by atoms with Gasteiger partial charge in [0, 0.05) is 0 Å². The SMILES string of the molecule is N#Cc1ccc(CC(Cl)C=O)cc1. The quantitative estimate of drug-likeness (QED) is 0.544. The third-order valence-electron chi connectivity index (χ3n) is 1.66. The molecule has 0 aliphatic carbocycles. The highest BCUT2D eigenvalue weighted by molar-refractivity contribution is 6.27. The van der Waals surface area contributed by atoms with Crippen molar-refractivity contribution in [2.45, 2.75) is 11.8 Å². The Morgan fingerprint density at radius 3 is 2.54 bits per heavy atom. The summed E-state index contributed by atoms with van der Waals surface area (Å²) >= 11 is 5.64. The van der Waals surface area contributed by atoms with Gasteiger partial charge in [-0.3, -0.25) is 0 Å². The van der Waals surface area contributed by atoms with Gasteiger partial charge >= 0.3 is 0 Å². The van der Waals surface area contributed by atoms with Crippen LogP contribution in [0.3, 0.4) is 0 Å². The summed E-state index contributed by atoms with van der Waals surface area (Å²) in [6.07, 6.45) is 1.22.